The number of hydrogen-bond donors (Lipinski definition) is 2. The molecule has 1 aromatic heterocycles. The van der Waals surface area contributed by atoms with Crippen molar-refractivity contribution >= 4 is 21.4 Å². The molecule has 0 spiro atoms. The monoisotopic (exact) mass is 289 g/mol. The molecule has 2 rings (SSSR count). The van der Waals surface area contributed by atoms with E-state index < -0.39 is 10.0 Å². The Hall–Kier alpha value is -0.470. The van der Waals surface area contributed by atoms with Crippen LogP contribution in [0.25, 0.3) is 0 Å². The summed E-state index contributed by atoms with van der Waals surface area (Å²) in [6, 6.07) is 1.72. The summed E-state index contributed by atoms with van der Waals surface area (Å²) in [5.41, 5.74) is 6.53. The SMILES string of the molecule is Cc1cc(S(=O)(=O)NC2CCN(C)C2)sc1CN. The fourth-order valence-electron chi connectivity index (χ4n) is 2.13. The first-order chi connectivity index (χ1) is 8.42. The Morgan fingerprint density at radius 1 is 1.61 bits per heavy atom. The molecule has 1 aromatic rings. The summed E-state index contributed by atoms with van der Waals surface area (Å²) >= 11 is 1.26. The molecular weight excluding hydrogens is 270 g/mol. The summed E-state index contributed by atoms with van der Waals surface area (Å²) in [5.74, 6) is 0. The highest BCUT2D eigenvalue weighted by Crippen LogP contribution is 2.26. The van der Waals surface area contributed by atoms with Crippen LogP contribution in [0.3, 0.4) is 0 Å². The molecule has 0 aliphatic carbocycles. The molecule has 2 heterocycles. The van der Waals surface area contributed by atoms with Crippen molar-refractivity contribution in [2.75, 3.05) is 20.1 Å². The number of hydrogen-bond acceptors (Lipinski definition) is 5. The highest BCUT2D eigenvalue weighted by atomic mass is 32.2. The second kappa shape index (κ2) is 5.26. The molecule has 1 unspecified atom stereocenters. The molecule has 5 nitrogen and oxygen atoms in total. The Labute approximate surface area is 112 Å². The van der Waals surface area contributed by atoms with E-state index in [1.165, 1.54) is 11.3 Å². The van der Waals surface area contributed by atoms with Gasteiger partial charge in [-0.1, -0.05) is 0 Å². The number of aryl methyl sites for hydroxylation is 1. The Bertz CT molecular complexity index is 524. The molecule has 1 saturated heterocycles. The molecular formula is C11H19N3O2S2. The highest BCUT2D eigenvalue weighted by molar-refractivity contribution is 7.91. The maximum absolute atomic E-state index is 12.2. The predicted molar refractivity (Wildman–Crippen MR) is 73.2 cm³/mol. The maximum Gasteiger partial charge on any atom is 0.250 e. The summed E-state index contributed by atoms with van der Waals surface area (Å²) < 4.78 is 27.6. The van der Waals surface area contributed by atoms with Crippen molar-refractivity contribution < 1.29 is 8.42 Å². The largest absolute Gasteiger partial charge is 0.326 e. The topological polar surface area (TPSA) is 75.4 Å². The minimum Gasteiger partial charge on any atom is -0.326 e. The zero-order valence-electron chi connectivity index (χ0n) is 10.6. The van der Waals surface area contributed by atoms with E-state index in [1.54, 1.807) is 6.07 Å². The van der Waals surface area contributed by atoms with Gasteiger partial charge in [-0.25, -0.2) is 13.1 Å². The quantitative estimate of drug-likeness (QED) is 0.846. The van der Waals surface area contributed by atoms with Gasteiger partial charge >= 0.3 is 0 Å². The summed E-state index contributed by atoms with van der Waals surface area (Å²) in [4.78, 5) is 3.05. The van der Waals surface area contributed by atoms with E-state index in [9.17, 15) is 8.42 Å². The predicted octanol–water partition coefficient (Wildman–Crippen LogP) is 0.498. The second-order valence-electron chi connectivity index (χ2n) is 4.74. The first-order valence-electron chi connectivity index (χ1n) is 5.92. The molecule has 0 bridgehead atoms. The Kier molecular flexibility index (Phi) is 4.08. The van der Waals surface area contributed by atoms with Crippen molar-refractivity contribution in [2.45, 2.75) is 30.1 Å². The molecule has 0 aromatic carbocycles. The summed E-state index contributed by atoms with van der Waals surface area (Å²) in [7, 11) is -1.40. The first kappa shape index (κ1) is 14.0. The van der Waals surface area contributed by atoms with Crippen LogP contribution in [0.4, 0.5) is 0 Å². The van der Waals surface area contributed by atoms with Crippen molar-refractivity contribution in [2.24, 2.45) is 5.73 Å². The average Bonchev–Trinajstić information content (AvgIpc) is 2.84. The Balaban J connectivity index is 2.15. The molecule has 1 atom stereocenters. The zero-order valence-corrected chi connectivity index (χ0v) is 12.3. The minimum absolute atomic E-state index is 0.0173. The average molecular weight is 289 g/mol. The van der Waals surface area contributed by atoms with Crippen LogP contribution in [0.1, 0.15) is 16.9 Å². The van der Waals surface area contributed by atoms with E-state index in [1.807, 2.05) is 14.0 Å². The van der Waals surface area contributed by atoms with Crippen LogP contribution in [0, 0.1) is 6.92 Å². The fourth-order valence-corrected chi connectivity index (χ4v) is 4.88. The van der Waals surface area contributed by atoms with E-state index in [0.717, 1.165) is 30.0 Å². The van der Waals surface area contributed by atoms with Crippen LogP contribution in [0.5, 0.6) is 0 Å². The number of nitrogens with two attached hydrogens (primary N) is 1. The zero-order chi connectivity index (χ0) is 13.3. The Morgan fingerprint density at radius 3 is 2.83 bits per heavy atom. The molecule has 7 heteroatoms. The van der Waals surface area contributed by atoms with Gasteiger partial charge in [0.15, 0.2) is 0 Å². The van der Waals surface area contributed by atoms with Crippen LogP contribution in [0.15, 0.2) is 10.3 Å². The lowest BCUT2D eigenvalue weighted by molar-refractivity contribution is 0.407. The molecule has 102 valence electrons. The van der Waals surface area contributed by atoms with Gasteiger partial charge in [-0.3, -0.25) is 0 Å². The third kappa shape index (κ3) is 2.92. The van der Waals surface area contributed by atoms with Gasteiger partial charge in [0, 0.05) is 24.0 Å². The third-order valence-electron chi connectivity index (χ3n) is 3.16. The van der Waals surface area contributed by atoms with Crippen LogP contribution in [-0.2, 0) is 16.6 Å². The van der Waals surface area contributed by atoms with Crippen LogP contribution < -0.4 is 10.5 Å². The van der Waals surface area contributed by atoms with Crippen LogP contribution in [0.2, 0.25) is 0 Å². The van der Waals surface area contributed by atoms with Gasteiger partial charge in [-0.05, 0) is 38.6 Å². The van der Waals surface area contributed by atoms with E-state index in [4.69, 9.17) is 5.73 Å². The summed E-state index contributed by atoms with van der Waals surface area (Å²) in [6.07, 6.45) is 0.865. The van der Waals surface area contributed by atoms with Gasteiger partial charge in [-0.2, -0.15) is 0 Å². The van der Waals surface area contributed by atoms with Gasteiger partial charge in [-0.15, -0.1) is 11.3 Å². The van der Waals surface area contributed by atoms with Gasteiger partial charge in [0.1, 0.15) is 4.21 Å². The summed E-state index contributed by atoms with van der Waals surface area (Å²) in [5, 5.41) is 0. The van der Waals surface area contributed by atoms with E-state index >= 15 is 0 Å². The number of nitrogens with zero attached hydrogens (tertiary/aromatic N) is 1. The minimum atomic E-state index is -3.39. The lowest BCUT2D eigenvalue weighted by atomic mass is 10.3. The smallest absolute Gasteiger partial charge is 0.250 e. The van der Waals surface area contributed by atoms with E-state index in [0.29, 0.717) is 10.8 Å². The molecule has 1 aliphatic rings. The normalized spacial score (nSPS) is 21.6. The molecule has 3 N–H and O–H groups in total. The lowest BCUT2D eigenvalue weighted by Crippen LogP contribution is -2.36. The first-order valence-corrected chi connectivity index (χ1v) is 8.22. The molecule has 0 radical (unpaired) electrons. The molecule has 18 heavy (non-hydrogen) atoms. The molecule has 0 saturated carbocycles. The fraction of sp³-hybridized carbons (Fsp3) is 0.636. The van der Waals surface area contributed by atoms with Crippen LogP contribution in [-0.4, -0.2) is 39.5 Å². The van der Waals surface area contributed by atoms with Crippen LogP contribution >= 0.6 is 11.3 Å². The van der Waals surface area contributed by atoms with Gasteiger partial charge < -0.3 is 10.6 Å². The van der Waals surface area contributed by atoms with Crippen molar-refractivity contribution in [1.82, 2.24) is 9.62 Å². The number of likely N-dealkylation sites (tertiary alicyclic amines) is 1. The number of likely N-dealkylation sites (N-methyl/N-ethyl adjacent to an activating group) is 1. The number of rotatable bonds is 4. The maximum atomic E-state index is 12.2. The van der Waals surface area contributed by atoms with Crippen molar-refractivity contribution in [3.8, 4) is 0 Å². The number of thiophene rings is 1. The third-order valence-corrected chi connectivity index (χ3v) is 6.41. The summed E-state index contributed by atoms with van der Waals surface area (Å²) in [6.45, 7) is 3.98. The molecule has 1 fully saturated rings. The van der Waals surface area contributed by atoms with Gasteiger partial charge in [0.2, 0.25) is 10.0 Å². The van der Waals surface area contributed by atoms with Crippen molar-refractivity contribution in [3.63, 3.8) is 0 Å². The van der Waals surface area contributed by atoms with Gasteiger partial charge in [0.25, 0.3) is 0 Å². The molecule has 1 aliphatic heterocycles. The number of nitrogens with one attached hydrogen (secondary N) is 1. The van der Waals surface area contributed by atoms with Gasteiger partial charge in [0.05, 0.1) is 0 Å². The molecule has 0 amide bonds. The highest BCUT2D eigenvalue weighted by Gasteiger charge is 2.26. The Morgan fingerprint density at radius 2 is 2.33 bits per heavy atom. The lowest BCUT2D eigenvalue weighted by Gasteiger charge is -2.12. The van der Waals surface area contributed by atoms with Crippen molar-refractivity contribution in [3.05, 3.63) is 16.5 Å². The standard InChI is InChI=1S/C11H19N3O2S2/c1-8-5-11(17-10(8)6-12)18(15,16)13-9-3-4-14(2)7-9/h5,9,13H,3-4,6-7,12H2,1-2H3. The van der Waals surface area contributed by atoms with E-state index in [2.05, 4.69) is 9.62 Å². The number of sulfonamides is 1. The second-order valence-corrected chi connectivity index (χ2v) is 7.82. The van der Waals surface area contributed by atoms with Crippen molar-refractivity contribution in [1.29, 1.82) is 0 Å². The van der Waals surface area contributed by atoms with E-state index in [-0.39, 0.29) is 6.04 Å².